The summed E-state index contributed by atoms with van der Waals surface area (Å²) in [6.07, 6.45) is 1.47. The van der Waals surface area contributed by atoms with Crippen LogP contribution in [0, 0.1) is 0 Å². The van der Waals surface area contributed by atoms with Gasteiger partial charge in [0.1, 0.15) is 0 Å². The molecule has 0 saturated carbocycles. The Morgan fingerprint density at radius 2 is 2.36 bits per heavy atom. The fraction of sp³-hybridized carbons (Fsp3) is 0. The van der Waals surface area contributed by atoms with Gasteiger partial charge in [0.05, 0.1) is 6.26 Å². The number of anilines is 1. The quantitative estimate of drug-likeness (QED) is 0.664. The Balaban J connectivity index is 2.48. The maximum Gasteiger partial charge on any atom is 0.342 e. The van der Waals surface area contributed by atoms with Gasteiger partial charge in [-0.1, -0.05) is 0 Å². The number of carbonyl (C=O) groups excluding carboxylic acids is 1. The number of hydrogen-bond acceptors (Lipinski definition) is 5. The van der Waals surface area contributed by atoms with E-state index in [1.807, 2.05) is 0 Å². The number of hydrogen-bond donors (Lipinski definition) is 2. The summed E-state index contributed by atoms with van der Waals surface area (Å²) in [6.45, 7) is 0. The van der Waals surface area contributed by atoms with Crippen molar-refractivity contribution < 1.29 is 9.21 Å². The predicted octanol–water partition coefficient (Wildman–Crippen LogP) is 0.0471. The van der Waals surface area contributed by atoms with Crippen LogP contribution in [0.5, 0.6) is 0 Å². The van der Waals surface area contributed by atoms with E-state index in [1.54, 1.807) is 12.1 Å². The number of amides is 1. The molecule has 0 aliphatic heterocycles. The molecule has 2 heterocycles. The number of nitrogen functional groups attached to an aromatic ring is 1. The molecule has 0 aliphatic carbocycles. The SMILES string of the molecule is NC(=O)n1nc(-c2ccco2)nc1N. The first-order valence-electron chi connectivity index (χ1n) is 3.74. The lowest BCUT2D eigenvalue weighted by Crippen LogP contribution is -2.22. The third kappa shape index (κ3) is 1.20. The van der Waals surface area contributed by atoms with Gasteiger partial charge in [-0.15, -0.1) is 9.78 Å². The molecule has 0 spiro atoms. The lowest BCUT2D eigenvalue weighted by molar-refractivity contribution is 0.248. The Morgan fingerprint density at radius 3 is 2.86 bits per heavy atom. The van der Waals surface area contributed by atoms with Crippen LogP contribution in [0.15, 0.2) is 22.8 Å². The summed E-state index contributed by atoms with van der Waals surface area (Å²) < 4.78 is 5.83. The molecule has 0 unspecified atom stereocenters. The van der Waals surface area contributed by atoms with Crippen molar-refractivity contribution in [1.82, 2.24) is 14.8 Å². The third-order valence-corrected chi connectivity index (χ3v) is 1.58. The molecular formula is C7H7N5O2. The molecule has 0 radical (unpaired) electrons. The van der Waals surface area contributed by atoms with E-state index >= 15 is 0 Å². The zero-order valence-electron chi connectivity index (χ0n) is 7.04. The summed E-state index contributed by atoms with van der Waals surface area (Å²) in [4.78, 5) is 14.6. The molecule has 4 N–H and O–H groups in total. The largest absolute Gasteiger partial charge is 0.461 e. The van der Waals surface area contributed by atoms with Gasteiger partial charge in [-0.2, -0.15) is 4.98 Å². The standard InChI is InChI=1S/C7H7N5O2/c8-6-10-5(4-2-1-3-14-4)11-12(6)7(9)13/h1-3H,(H2,9,13)(H2,8,10,11). The zero-order chi connectivity index (χ0) is 10.1. The monoisotopic (exact) mass is 193 g/mol. The number of rotatable bonds is 1. The van der Waals surface area contributed by atoms with Gasteiger partial charge in [-0.25, -0.2) is 4.79 Å². The molecule has 0 aliphatic rings. The van der Waals surface area contributed by atoms with Crippen molar-refractivity contribution in [3.8, 4) is 11.6 Å². The highest BCUT2D eigenvalue weighted by Gasteiger charge is 2.13. The maximum atomic E-state index is 10.8. The number of furan rings is 1. The van der Waals surface area contributed by atoms with Crippen molar-refractivity contribution in [1.29, 1.82) is 0 Å². The van der Waals surface area contributed by atoms with E-state index in [4.69, 9.17) is 15.9 Å². The van der Waals surface area contributed by atoms with Gasteiger partial charge >= 0.3 is 6.03 Å². The highest BCUT2D eigenvalue weighted by Crippen LogP contribution is 2.16. The Morgan fingerprint density at radius 1 is 1.57 bits per heavy atom. The highest BCUT2D eigenvalue weighted by molar-refractivity contribution is 5.76. The first-order chi connectivity index (χ1) is 6.68. The fourth-order valence-electron chi connectivity index (χ4n) is 0.997. The number of carbonyl (C=O) groups is 1. The second-order valence-corrected chi connectivity index (χ2v) is 2.52. The molecule has 0 fully saturated rings. The minimum absolute atomic E-state index is 0.0658. The summed E-state index contributed by atoms with van der Waals surface area (Å²) in [6, 6.07) is 2.55. The van der Waals surface area contributed by atoms with Crippen LogP contribution in [0.4, 0.5) is 10.7 Å². The van der Waals surface area contributed by atoms with Crippen molar-refractivity contribution in [2.24, 2.45) is 5.73 Å². The Kier molecular flexibility index (Phi) is 1.70. The smallest absolute Gasteiger partial charge is 0.342 e. The molecule has 1 amide bonds. The summed E-state index contributed by atoms with van der Waals surface area (Å²) in [5, 5.41) is 3.76. The molecule has 0 bridgehead atoms. The number of nitrogens with zero attached hydrogens (tertiary/aromatic N) is 3. The number of nitrogens with two attached hydrogens (primary N) is 2. The zero-order valence-corrected chi connectivity index (χ0v) is 7.04. The van der Waals surface area contributed by atoms with E-state index in [-0.39, 0.29) is 11.8 Å². The van der Waals surface area contributed by atoms with E-state index in [1.165, 1.54) is 6.26 Å². The van der Waals surface area contributed by atoms with Crippen LogP contribution in [-0.2, 0) is 0 Å². The Bertz CT molecular complexity index is 458. The van der Waals surface area contributed by atoms with Crippen molar-refractivity contribution >= 4 is 12.0 Å². The van der Waals surface area contributed by atoms with Crippen molar-refractivity contribution in [2.45, 2.75) is 0 Å². The van der Waals surface area contributed by atoms with E-state index in [0.29, 0.717) is 5.76 Å². The Hall–Kier alpha value is -2.31. The lowest BCUT2D eigenvalue weighted by atomic mass is 10.4. The first-order valence-corrected chi connectivity index (χ1v) is 3.74. The molecule has 2 aromatic rings. The minimum Gasteiger partial charge on any atom is -0.461 e. The average Bonchev–Trinajstić information content (AvgIpc) is 2.70. The van der Waals surface area contributed by atoms with E-state index < -0.39 is 6.03 Å². The average molecular weight is 193 g/mol. The number of aromatic nitrogens is 3. The fourth-order valence-corrected chi connectivity index (χ4v) is 0.997. The molecule has 0 atom stereocenters. The summed E-state index contributed by atoms with van der Waals surface area (Å²) in [7, 11) is 0. The van der Waals surface area contributed by atoms with Crippen molar-refractivity contribution in [3.05, 3.63) is 18.4 Å². The molecule has 0 saturated heterocycles. The van der Waals surface area contributed by atoms with Crippen LogP contribution < -0.4 is 11.5 Å². The molecular weight excluding hydrogens is 186 g/mol. The summed E-state index contributed by atoms with van der Waals surface area (Å²) in [5.74, 6) is 0.590. The molecule has 2 rings (SSSR count). The molecule has 14 heavy (non-hydrogen) atoms. The molecule has 72 valence electrons. The van der Waals surface area contributed by atoms with Crippen molar-refractivity contribution in [2.75, 3.05) is 5.73 Å². The van der Waals surface area contributed by atoms with Gasteiger partial charge in [-0.3, -0.25) is 0 Å². The maximum absolute atomic E-state index is 10.8. The van der Waals surface area contributed by atoms with Crippen LogP contribution in [0.3, 0.4) is 0 Å². The van der Waals surface area contributed by atoms with Gasteiger partial charge in [-0.05, 0) is 12.1 Å². The second kappa shape index (κ2) is 2.87. The van der Waals surface area contributed by atoms with Crippen LogP contribution in [0.2, 0.25) is 0 Å². The van der Waals surface area contributed by atoms with Crippen LogP contribution in [-0.4, -0.2) is 20.8 Å². The second-order valence-electron chi connectivity index (χ2n) is 2.52. The molecule has 0 aromatic carbocycles. The normalized spacial score (nSPS) is 10.3. The van der Waals surface area contributed by atoms with E-state index in [9.17, 15) is 4.79 Å². The van der Waals surface area contributed by atoms with E-state index in [2.05, 4.69) is 10.1 Å². The minimum atomic E-state index is -0.784. The highest BCUT2D eigenvalue weighted by atomic mass is 16.3. The van der Waals surface area contributed by atoms with Gasteiger partial charge in [0.25, 0.3) is 0 Å². The Labute approximate surface area is 78.3 Å². The summed E-state index contributed by atoms with van der Waals surface area (Å²) >= 11 is 0. The molecule has 2 aromatic heterocycles. The molecule has 7 nitrogen and oxygen atoms in total. The van der Waals surface area contributed by atoms with Crippen LogP contribution >= 0.6 is 0 Å². The van der Waals surface area contributed by atoms with Gasteiger partial charge in [0.2, 0.25) is 11.8 Å². The van der Waals surface area contributed by atoms with Crippen LogP contribution in [0.25, 0.3) is 11.6 Å². The third-order valence-electron chi connectivity index (χ3n) is 1.58. The summed E-state index contributed by atoms with van der Waals surface area (Å²) in [5.41, 5.74) is 10.4. The van der Waals surface area contributed by atoms with Gasteiger partial charge < -0.3 is 15.9 Å². The van der Waals surface area contributed by atoms with Gasteiger partial charge in [0.15, 0.2) is 5.76 Å². The predicted molar refractivity (Wildman–Crippen MR) is 47.1 cm³/mol. The van der Waals surface area contributed by atoms with E-state index in [0.717, 1.165) is 4.68 Å². The topological polar surface area (TPSA) is 113 Å². The van der Waals surface area contributed by atoms with Crippen molar-refractivity contribution in [3.63, 3.8) is 0 Å². The lowest BCUT2D eigenvalue weighted by Gasteiger charge is -1.91. The number of primary amides is 1. The van der Waals surface area contributed by atoms with Crippen LogP contribution in [0.1, 0.15) is 0 Å². The molecule has 7 heteroatoms. The first kappa shape index (κ1) is 8.30. The van der Waals surface area contributed by atoms with Gasteiger partial charge in [0, 0.05) is 0 Å².